The largest absolute Gasteiger partial charge is 0.761 e. The number of hydrogen-bond acceptors (Lipinski definition) is 1. The van der Waals surface area contributed by atoms with Crippen LogP contribution in [0.2, 0.25) is 0 Å². The second-order valence-corrected chi connectivity index (χ2v) is 0.848. The normalized spacial score (nSPS) is 4.00. The molecule has 6 heteroatoms. The molecular formula is H4O4SiZr. The summed E-state index contributed by atoms with van der Waals surface area (Å²) < 4.78 is 8.74. The zero-order valence-electron chi connectivity index (χ0n) is 2.80. The van der Waals surface area contributed by atoms with Crippen molar-refractivity contribution >= 4 is 9.17 Å². The van der Waals surface area contributed by atoms with Gasteiger partial charge < -0.3 is 15.1 Å². The minimum absolute atomic E-state index is 0. The van der Waals surface area contributed by atoms with Crippen molar-refractivity contribution in [2.24, 2.45) is 0 Å². The summed E-state index contributed by atoms with van der Waals surface area (Å²) in [4.78, 5) is 14.3. The Balaban J connectivity index is -0.0000000450. The van der Waals surface area contributed by atoms with E-state index in [9.17, 15) is 0 Å². The Morgan fingerprint density at radius 3 is 1.33 bits per heavy atom. The smallest absolute Gasteiger partial charge is 0.511 e. The summed E-state index contributed by atoms with van der Waals surface area (Å²) in [6.45, 7) is 0. The molecule has 0 atom stereocenters. The molecule has 0 bridgehead atoms. The van der Waals surface area contributed by atoms with Crippen molar-refractivity contribution < 1.29 is 45.7 Å². The quantitative estimate of drug-likeness (QED) is 0.413. The first kappa shape index (κ1) is 16.1. The minimum atomic E-state index is -3.13. The first-order valence-electron chi connectivity index (χ1n) is 0.651. The van der Waals surface area contributed by atoms with Gasteiger partial charge in [-0.05, 0) is 0 Å². The Morgan fingerprint density at radius 2 is 1.33 bits per heavy atom. The fraction of sp³-hybridized carbons (Fsp3) is 0. The summed E-state index contributed by atoms with van der Waals surface area (Å²) in [6.07, 6.45) is 0. The Hall–Kier alpha value is 0.460. The van der Waals surface area contributed by atoms with Gasteiger partial charge in [0, 0.05) is 26.2 Å². The number of rotatable bonds is 0. The molecule has 0 aliphatic carbocycles. The molecule has 0 amide bonds. The zero-order valence-corrected chi connectivity index (χ0v) is 6.26. The topological polar surface area (TPSA) is 89.0 Å². The molecule has 0 aromatic rings. The van der Waals surface area contributed by atoms with Crippen LogP contribution in [0.25, 0.3) is 0 Å². The maximum absolute atomic E-state index is 8.74. The van der Waals surface area contributed by atoms with E-state index < -0.39 is 9.17 Å². The van der Waals surface area contributed by atoms with Crippen LogP contribution in [-0.2, 0) is 30.7 Å². The van der Waals surface area contributed by atoms with E-state index in [1.165, 1.54) is 0 Å². The molecule has 36 valence electrons. The molecule has 0 aliphatic heterocycles. The van der Waals surface area contributed by atoms with E-state index in [1.807, 2.05) is 0 Å². The van der Waals surface area contributed by atoms with Gasteiger partial charge in [-0.3, -0.25) is 4.46 Å². The third-order valence-electron chi connectivity index (χ3n) is 0. The van der Waals surface area contributed by atoms with Crippen molar-refractivity contribution in [3.63, 3.8) is 0 Å². The van der Waals surface area contributed by atoms with Crippen LogP contribution in [0, 0.1) is 0 Å². The second-order valence-electron chi connectivity index (χ2n) is 0.283. The van der Waals surface area contributed by atoms with Gasteiger partial charge in [-0.1, -0.05) is 0 Å². The summed E-state index contributed by atoms with van der Waals surface area (Å²) in [5.41, 5.74) is 0. The second kappa shape index (κ2) is 9.07. The van der Waals surface area contributed by atoms with Crippen LogP contribution in [0.3, 0.4) is 0 Å². The van der Waals surface area contributed by atoms with Gasteiger partial charge in [-0.25, -0.2) is 0 Å². The molecule has 0 aromatic carbocycles. The predicted molar refractivity (Wildman–Crippen MR) is 14.5 cm³/mol. The average molecular weight is 187 g/mol. The van der Waals surface area contributed by atoms with Crippen molar-refractivity contribution in [2.75, 3.05) is 0 Å². The van der Waals surface area contributed by atoms with Gasteiger partial charge in [-0.15, -0.1) is 0 Å². The molecule has 0 saturated heterocycles. The van der Waals surface area contributed by atoms with Crippen molar-refractivity contribution in [2.45, 2.75) is 0 Å². The molecular weight excluding hydrogens is 183 g/mol. The van der Waals surface area contributed by atoms with Gasteiger partial charge in [0.2, 0.25) is 0 Å². The first-order chi connectivity index (χ1) is 1.73. The van der Waals surface area contributed by atoms with Crippen molar-refractivity contribution in [1.82, 2.24) is 0 Å². The third kappa shape index (κ3) is 252. The standard InChI is InChI=1S/H2O3Si.H2O.Zr/c1-4(2)3;;/h1-2H;1H2;. The van der Waals surface area contributed by atoms with E-state index in [4.69, 9.17) is 14.1 Å². The van der Waals surface area contributed by atoms with E-state index in [0.29, 0.717) is 0 Å². The molecule has 0 rings (SSSR count). The minimum Gasteiger partial charge on any atom is -0.511 e. The fourth-order valence-electron chi connectivity index (χ4n) is 0. The van der Waals surface area contributed by atoms with Crippen LogP contribution < -0.4 is 0 Å². The Bertz CT molecular complexity index is 30.5. The molecule has 4 N–H and O–H groups in total. The van der Waals surface area contributed by atoms with E-state index in [-0.39, 0.29) is 31.7 Å². The van der Waals surface area contributed by atoms with Gasteiger partial charge in [0.15, 0.2) is 0 Å². The van der Waals surface area contributed by atoms with Crippen LogP contribution >= 0.6 is 0 Å². The molecule has 0 fully saturated rings. The molecule has 6 heavy (non-hydrogen) atoms. The van der Waals surface area contributed by atoms with Crippen molar-refractivity contribution in [1.29, 1.82) is 0 Å². The summed E-state index contributed by atoms with van der Waals surface area (Å²) in [6, 6.07) is 0. The molecule has 0 aromatic heterocycles. The summed E-state index contributed by atoms with van der Waals surface area (Å²) in [7, 11) is -3.13. The van der Waals surface area contributed by atoms with Gasteiger partial charge in [0.25, 0.3) is 0 Å². The molecule has 0 unspecified atom stereocenters. The van der Waals surface area contributed by atoms with E-state index in [2.05, 4.69) is 0 Å². The SMILES string of the molecule is O.O=[Si](O)O.[Zr]. The van der Waals surface area contributed by atoms with Gasteiger partial charge in [0.05, 0.1) is 0 Å². The third-order valence-corrected chi connectivity index (χ3v) is 0. The van der Waals surface area contributed by atoms with Crippen molar-refractivity contribution in [3.8, 4) is 0 Å². The van der Waals surface area contributed by atoms with Crippen LogP contribution in [0.5, 0.6) is 0 Å². The van der Waals surface area contributed by atoms with Crippen LogP contribution in [0.4, 0.5) is 0 Å². The molecule has 0 aliphatic rings. The molecule has 0 saturated carbocycles. The maximum atomic E-state index is 8.74. The summed E-state index contributed by atoms with van der Waals surface area (Å²) in [5.74, 6) is 0. The van der Waals surface area contributed by atoms with Gasteiger partial charge >= 0.3 is 9.17 Å². The monoisotopic (exact) mass is 186 g/mol. The van der Waals surface area contributed by atoms with E-state index in [0.717, 1.165) is 0 Å². The molecule has 0 radical (unpaired) electrons. The fourth-order valence-corrected chi connectivity index (χ4v) is 0. The average Bonchev–Trinajstić information content (AvgIpc) is 0.811. The van der Waals surface area contributed by atoms with Crippen LogP contribution in [0.15, 0.2) is 0 Å². The summed E-state index contributed by atoms with van der Waals surface area (Å²) in [5, 5.41) is 0. The van der Waals surface area contributed by atoms with E-state index >= 15 is 0 Å². The first-order valence-corrected chi connectivity index (χ1v) is 1.95. The maximum Gasteiger partial charge on any atom is 0.761 e. The zero-order chi connectivity index (χ0) is 3.58. The molecule has 0 heterocycles. The Morgan fingerprint density at radius 1 is 1.33 bits per heavy atom. The number of hydrogen-bond donors (Lipinski definition) is 2. The Kier molecular flexibility index (Phi) is 24.3. The molecule has 4 nitrogen and oxygen atoms in total. The van der Waals surface area contributed by atoms with E-state index in [1.54, 1.807) is 0 Å². The van der Waals surface area contributed by atoms with Gasteiger partial charge in [0.1, 0.15) is 0 Å². The summed E-state index contributed by atoms with van der Waals surface area (Å²) >= 11 is 0. The van der Waals surface area contributed by atoms with Crippen molar-refractivity contribution in [3.05, 3.63) is 0 Å². The Labute approximate surface area is 55.1 Å². The van der Waals surface area contributed by atoms with Crippen LogP contribution in [-0.4, -0.2) is 24.2 Å². The predicted octanol–water partition coefficient (Wildman–Crippen LogP) is -2.44. The van der Waals surface area contributed by atoms with Gasteiger partial charge in [-0.2, -0.15) is 0 Å². The van der Waals surface area contributed by atoms with Crippen LogP contribution in [0.1, 0.15) is 0 Å². The molecule has 0 spiro atoms.